The molecule has 92 valence electrons. The first-order valence-corrected chi connectivity index (χ1v) is 6.76. The zero-order valence-electron chi connectivity index (χ0n) is 7.73. The van der Waals surface area contributed by atoms with Gasteiger partial charge in [-0.3, -0.25) is 4.40 Å². The van der Waals surface area contributed by atoms with Gasteiger partial charge in [-0.2, -0.15) is 13.2 Å². The van der Waals surface area contributed by atoms with E-state index in [-0.39, 0.29) is 30.7 Å². The van der Waals surface area contributed by atoms with Gasteiger partial charge in [0.2, 0.25) is 0 Å². The number of hydrogen-bond donors (Lipinski definition) is 0. The van der Waals surface area contributed by atoms with E-state index in [1.54, 1.807) is 22.6 Å². The average molecular weight is 441 g/mol. The number of thioether (sulfide) groups is 1. The van der Waals surface area contributed by atoms with Gasteiger partial charge in [0.15, 0.2) is 5.82 Å². The van der Waals surface area contributed by atoms with E-state index in [0.29, 0.717) is 0 Å². The molecule has 0 saturated carbocycles. The van der Waals surface area contributed by atoms with Crippen LogP contribution in [0.4, 0.5) is 17.6 Å². The highest BCUT2D eigenvalue weighted by Gasteiger charge is 2.33. The molecule has 0 radical (unpaired) electrons. The fourth-order valence-corrected chi connectivity index (χ4v) is 3.27. The largest absolute Gasteiger partial charge is 0.447 e. The standard InChI is InChI=1S/C8H2BrF4IN2S/c9-5-3(10)1-2-4-15-6(14)7(16(4)5)17-8(11,12)13/h1-2H. The molecule has 2 aromatic heterocycles. The summed E-state index contributed by atoms with van der Waals surface area (Å²) in [5.74, 6) is -0.643. The zero-order valence-corrected chi connectivity index (χ0v) is 12.3. The number of aromatic nitrogens is 2. The van der Waals surface area contributed by atoms with Gasteiger partial charge in [-0.15, -0.1) is 0 Å². The highest BCUT2D eigenvalue weighted by atomic mass is 127. The number of fused-ring (bicyclic) bond motifs is 1. The SMILES string of the molecule is Fc1ccc2nc(I)c(SC(F)(F)F)n2c1Br. The van der Waals surface area contributed by atoms with Crippen LogP contribution in [0.1, 0.15) is 0 Å². The third-order valence-electron chi connectivity index (χ3n) is 1.81. The van der Waals surface area contributed by atoms with Crippen LogP contribution in [0, 0.1) is 9.52 Å². The predicted octanol–water partition coefficient (Wildman–Crippen LogP) is 4.45. The first-order chi connectivity index (χ1) is 7.79. The molecule has 0 aliphatic rings. The third-order valence-corrected chi connectivity index (χ3v) is 4.46. The molecule has 0 spiro atoms. The Hall–Kier alpha value is -0.0300. The number of imidazole rings is 1. The summed E-state index contributed by atoms with van der Waals surface area (Å²) < 4.78 is 51.6. The van der Waals surface area contributed by atoms with E-state index < -0.39 is 11.3 Å². The van der Waals surface area contributed by atoms with E-state index in [9.17, 15) is 17.6 Å². The quantitative estimate of drug-likeness (QED) is 0.282. The highest BCUT2D eigenvalue weighted by Crippen LogP contribution is 2.40. The average Bonchev–Trinajstić information content (AvgIpc) is 2.48. The minimum absolute atomic E-state index is 0.0721. The lowest BCUT2D eigenvalue weighted by Crippen LogP contribution is -2.02. The second kappa shape index (κ2) is 4.57. The molecule has 0 aliphatic heterocycles. The molecule has 17 heavy (non-hydrogen) atoms. The number of hydrogen-bond acceptors (Lipinski definition) is 2. The lowest BCUT2D eigenvalue weighted by molar-refractivity contribution is -0.0330. The first-order valence-electron chi connectivity index (χ1n) is 4.07. The second-order valence-corrected chi connectivity index (χ2v) is 5.75. The van der Waals surface area contributed by atoms with Crippen LogP contribution in [0.3, 0.4) is 0 Å². The molecule has 0 aromatic carbocycles. The molecule has 0 bridgehead atoms. The van der Waals surface area contributed by atoms with Crippen molar-refractivity contribution in [3.63, 3.8) is 0 Å². The van der Waals surface area contributed by atoms with Crippen LogP contribution < -0.4 is 0 Å². The molecule has 0 N–H and O–H groups in total. The van der Waals surface area contributed by atoms with E-state index >= 15 is 0 Å². The van der Waals surface area contributed by atoms with Crippen LogP contribution in [-0.4, -0.2) is 14.9 Å². The van der Waals surface area contributed by atoms with Crippen molar-refractivity contribution in [2.45, 2.75) is 10.5 Å². The molecule has 0 aliphatic carbocycles. The smallest absolute Gasteiger partial charge is 0.277 e. The van der Waals surface area contributed by atoms with E-state index in [1.165, 1.54) is 6.07 Å². The normalized spacial score (nSPS) is 12.4. The molecule has 0 atom stereocenters. The van der Waals surface area contributed by atoms with Crippen molar-refractivity contribution in [2.75, 3.05) is 0 Å². The number of nitrogens with zero attached hydrogens (tertiary/aromatic N) is 2. The molecule has 0 fully saturated rings. The number of halogens is 6. The van der Waals surface area contributed by atoms with Gasteiger partial charge in [0, 0.05) is 11.8 Å². The van der Waals surface area contributed by atoms with Crippen LogP contribution in [-0.2, 0) is 0 Å². The van der Waals surface area contributed by atoms with E-state index in [0.717, 1.165) is 10.5 Å². The minimum atomic E-state index is -4.44. The molecule has 2 heterocycles. The maximum atomic E-state index is 13.3. The van der Waals surface area contributed by atoms with E-state index in [1.807, 2.05) is 0 Å². The van der Waals surface area contributed by atoms with Gasteiger partial charge in [-0.25, -0.2) is 9.37 Å². The summed E-state index contributed by atoms with van der Waals surface area (Å²) in [6.45, 7) is 0. The molecule has 2 aromatic rings. The maximum Gasteiger partial charge on any atom is 0.447 e. The number of alkyl halides is 3. The second-order valence-electron chi connectivity index (χ2n) is 2.92. The first kappa shape index (κ1) is 13.4. The van der Waals surface area contributed by atoms with Gasteiger partial charge in [-0.1, -0.05) is 0 Å². The topological polar surface area (TPSA) is 17.3 Å². The summed E-state index contributed by atoms with van der Waals surface area (Å²) in [7, 11) is 0. The maximum absolute atomic E-state index is 13.3. The van der Waals surface area contributed by atoms with Gasteiger partial charge in [0.25, 0.3) is 0 Å². The van der Waals surface area contributed by atoms with Crippen molar-refractivity contribution in [3.8, 4) is 0 Å². The van der Waals surface area contributed by atoms with Gasteiger partial charge >= 0.3 is 5.51 Å². The van der Waals surface area contributed by atoms with Crippen LogP contribution >= 0.6 is 50.3 Å². The Morgan fingerprint density at radius 3 is 2.59 bits per heavy atom. The molecule has 0 amide bonds. The van der Waals surface area contributed by atoms with Gasteiger partial charge in [0.1, 0.15) is 19.0 Å². The fourth-order valence-electron chi connectivity index (χ4n) is 1.22. The van der Waals surface area contributed by atoms with Gasteiger partial charge < -0.3 is 0 Å². The van der Waals surface area contributed by atoms with Crippen molar-refractivity contribution < 1.29 is 17.6 Å². The molecule has 2 rings (SSSR count). The highest BCUT2D eigenvalue weighted by molar-refractivity contribution is 14.1. The summed E-state index contributed by atoms with van der Waals surface area (Å²) in [5, 5.41) is -0.153. The third kappa shape index (κ3) is 2.70. The van der Waals surface area contributed by atoms with Crippen molar-refractivity contribution in [1.29, 1.82) is 0 Å². The molecule has 9 heteroatoms. The van der Waals surface area contributed by atoms with Crippen molar-refractivity contribution in [1.82, 2.24) is 9.38 Å². The van der Waals surface area contributed by atoms with Gasteiger partial charge in [-0.05, 0) is 50.7 Å². The van der Waals surface area contributed by atoms with Crippen molar-refractivity contribution >= 4 is 55.9 Å². The minimum Gasteiger partial charge on any atom is -0.277 e. The summed E-state index contributed by atoms with van der Waals surface area (Å²) >= 11 is 4.28. The summed E-state index contributed by atoms with van der Waals surface area (Å²) in [6.07, 6.45) is 0. The van der Waals surface area contributed by atoms with Crippen molar-refractivity contribution in [2.24, 2.45) is 0 Å². The van der Waals surface area contributed by atoms with Crippen LogP contribution in [0.5, 0.6) is 0 Å². The summed E-state index contributed by atoms with van der Waals surface area (Å²) in [4.78, 5) is 3.93. The number of rotatable bonds is 1. The fraction of sp³-hybridized carbons (Fsp3) is 0.125. The van der Waals surface area contributed by atoms with E-state index in [4.69, 9.17) is 0 Å². The van der Waals surface area contributed by atoms with E-state index in [2.05, 4.69) is 20.9 Å². The molecular weight excluding hydrogens is 439 g/mol. The Balaban J connectivity index is 2.69. The molecular formula is C8H2BrF4IN2S. The summed E-state index contributed by atoms with van der Waals surface area (Å²) in [5.41, 5.74) is -4.18. The van der Waals surface area contributed by atoms with Crippen LogP contribution in [0.25, 0.3) is 5.65 Å². The summed E-state index contributed by atoms with van der Waals surface area (Å²) in [6, 6.07) is 2.47. The Labute approximate surface area is 119 Å². The lowest BCUT2D eigenvalue weighted by atomic mass is 10.5. The monoisotopic (exact) mass is 440 g/mol. The van der Waals surface area contributed by atoms with Gasteiger partial charge in [0.05, 0.1) is 0 Å². The molecule has 0 saturated heterocycles. The Morgan fingerprint density at radius 2 is 2.00 bits per heavy atom. The number of pyridine rings is 1. The van der Waals surface area contributed by atoms with Crippen LogP contribution in [0.15, 0.2) is 21.8 Å². The lowest BCUT2D eigenvalue weighted by Gasteiger charge is -2.07. The Bertz CT molecular complexity index is 583. The molecule has 0 unspecified atom stereocenters. The Kier molecular flexibility index (Phi) is 3.61. The molecule has 2 nitrogen and oxygen atoms in total. The predicted molar refractivity (Wildman–Crippen MR) is 67.5 cm³/mol. The van der Waals surface area contributed by atoms with Crippen LogP contribution in [0.2, 0.25) is 0 Å². The Morgan fingerprint density at radius 1 is 1.35 bits per heavy atom. The van der Waals surface area contributed by atoms with Crippen molar-refractivity contribution in [3.05, 3.63) is 26.3 Å². The zero-order chi connectivity index (χ0) is 12.8.